The molecule has 0 aliphatic carbocycles. The average Bonchev–Trinajstić information content (AvgIpc) is 3.10. The zero-order valence-electron chi connectivity index (χ0n) is 17.0. The number of nitrogens with one attached hydrogen (secondary N) is 1. The monoisotopic (exact) mass is 430 g/mol. The molecule has 2 amide bonds. The Kier molecular flexibility index (Phi) is 6.38. The topological polar surface area (TPSA) is 58.6 Å². The first kappa shape index (κ1) is 20.8. The summed E-state index contributed by atoms with van der Waals surface area (Å²) >= 11 is 1.42. The van der Waals surface area contributed by atoms with E-state index < -0.39 is 0 Å². The summed E-state index contributed by atoms with van der Waals surface area (Å²) in [7, 11) is 1.61. The van der Waals surface area contributed by atoms with Crippen molar-refractivity contribution >= 4 is 29.7 Å². The first-order valence-electron chi connectivity index (χ1n) is 9.88. The maximum absolute atomic E-state index is 13.2. The Balaban J connectivity index is 1.60. The van der Waals surface area contributed by atoms with Gasteiger partial charge in [0.1, 0.15) is 11.1 Å². The van der Waals surface area contributed by atoms with Crippen molar-refractivity contribution in [2.45, 2.75) is 11.8 Å². The van der Waals surface area contributed by atoms with Crippen LogP contribution < -0.4 is 10.2 Å². The third kappa shape index (κ3) is 4.98. The molecule has 0 spiro atoms. The SMILES string of the molecule is COc1ccc(C2S/C(=C\c3ccccc3)C(=O)N2NC(=O)Cc2ccccc2)cc1. The van der Waals surface area contributed by atoms with Crippen molar-refractivity contribution in [2.24, 2.45) is 0 Å². The van der Waals surface area contributed by atoms with Gasteiger partial charge in [-0.15, -0.1) is 0 Å². The summed E-state index contributed by atoms with van der Waals surface area (Å²) < 4.78 is 5.24. The normalized spacial score (nSPS) is 17.1. The van der Waals surface area contributed by atoms with E-state index in [2.05, 4.69) is 5.43 Å². The molecule has 1 heterocycles. The van der Waals surface area contributed by atoms with Gasteiger partial charge in [-0.1, -0.05) is 84.6 Å². The first-order chi connectivity index (χ1) is 15.1. The minimum absolute atomic E-state index is 0.197. The van der Waals surface area contributed by atoms with Gasteiger partial charge in [0.2, 0.25) is 5.91 Å². The number of rotatable bonds is 6. The van der Waals surface area contributed by atoms with E-state index in [0.717, 1.165) is 22.4 Å². The molecule has 3 aromatic carbocycles. The molecule has 5 nitrogen and oxygen atoms in total. The summed E-state index contributed by atoms with van der Waals surface area (Å²) in [5, 5.41) is 1.06. The smallest absolute Gasteiger partial charge is 0.280 e. The van der Waals surface area contributed by atoms with Crippen molar-refractivity contribution in [3.8, 4) is 5.75 Å². The molecule has 31 heavy (non-hydrogen) atoms. The predicted octanol–water partition coefficient (Wildman–Crippen LogP) is 4.58. The zero-order valence-corrected chi connectivity index (χ0v) is 17.8. The third-order valence-electron chi connectivity index (χ3n) is 4.85. The number of ether oxygens (including phenoxy) is 1. The molecule has 1 aliphatic heterocycles. The van der Waals surface area contributed by atoms with Gasteiger partial charge in [-0.05, 0) is 34.9 Å². The van der Waals surface area contributed by atoms with E-state index in [0.29, 0.717) is 4.91 Å². The molecule has 0 saturated carbocycles. The molecule has 1 atom stereocenters. The van der Waals surface area contributed by atoms with Gasteiger partial charge in [-0.25, -0.2) is 5.01 Å². The predicted molar refractivity (Wildman–Crippen MR) is 123 cm³/mol. The lowest BCUT2D eigenvalue weighted by Gasteiger charge is -2.24. The average molecular weight is 431 g/mol. The lowest BCUT2D eigenvalue weighted by atomic mass is 10.1. The summed E-state index contributed by atoms with van der Waals surface area (Å²) in [6, 6.07) is 26.7. The summed E-state index contributed by atoms with van der Waals surface area (Å²) in [4.78, 5) is 26.5. The highest BCUT2D eigenvalue weighted by atomic mass is 32.2. The van der Waals surface area contributed by atoms with Crippen molar-refractivity contribution in [1.29, 1.82) is 0 Å². The molecule has 0 radical (unpaired) electrons. The van der Waals surface area contributed by atoms with Gasteiger partial charge in [0.05, 0.1) is 18.4 Å². The zero-order chi connectivity index (χ0) is 21.6. The number of carbonyl (C=O) groups excluding carboxylic acids is 2. The van der Waals surface area contributed by atoms with Crippen LogP contribution in [-0.4, -0.2) is 23.9 Å². The number of nitrogens with zero attached hydrogens (tertiary/aromatic N) is 1. The van der Waals surface area contributed by atoms with Crippen LogP contribution in [0.1, 0.15) is 22.1 Å². The molecule has 0 bridgehead atoms. The molecule has 1 aliphatic rings. The maximum Gasteiger partial charge on any atom is 0.280 e. The molecular weight excluding hydrogens is 408 g/mol. The van der Waals surface area contributed by atoms with Crippen LogP contribution in [-0.2, 0) is 16.0 Å². The molecule has 1 saturated heterocycles. The molecule has 1 fully saturated rings. The van der Waals surface area contributed by atoms with E-state index in [1.165, 1.54) is 16.8 Å². The standard InChI is InChI=1S/C25H22N2O3S/c1-30-21-14-12-20(13-15-21)25-27(26-23(28)17-19-10-6-3-7-11-19)24(29)22(31-25)16-18-8-4-2-5-9-18/h2-16,25H,17H2,1H3,(H,26,28)/b22-16-. The molecule has 1 unspecified atom stereocenters. The number of amides is 2. The largest absolute Gasteiger partial charge is 0.497 e. The van der Waals surface area contributed by atoms with Gasteiger partial charge in [0.25, 0.3) is 5.91 Å². The molecule has 3 aromatic rings. The molecule has 0 aromatic heterocycles. The minimum atomic E-state index is -0.368. The van der Waals surface area contributed by atoms with Crippen molar-refractivity contribution in [3.63, 3.8) is 0 Å². The molecule has 4 rings (SSSR count). The van der Waals surface area contributed by atoms with Crippen LogP contribution in [0.3, 0.4) is 0 Å². The van der Waals surface area contributed by atoms with E-state index in [9.17, 15) is 9.59 Å². The molecule has 156 valence electrons. The Morgan fingerprint density at radius 1 is 1.00 bits per heavy atom. The fraction of sp³-hybridized carbons (Fsp3) is 0.120. The van der Waals surface area contributed by atoms with Crippen LogP contribution in [0, 0.1) is 0 Å². The Morgan fingerprint density at radius 3 is 2.29 bits per heavy atom. The number of methoxy groups -OCH3 is 1. The second-order valence-corrected chi connectivity index (χ2v) is 8.16. The van der Waals surface area contributed by atoms with E-state index in [1.54, 1.807) is 7.11 Å². The van der Waals surface area contributed by atoms with Gasteiger partial charge < -0.3 is 4.74 Å². The van der Waals surface area contributed by atoms with Crippen molar-refractivity contribution in [3.05, 3.63) is 107 Å². The van der Waals surface area contributed by atoms with Crippen LogP contribution in [0.2, 0.25) is 0 Å². The van der Waals surface area contributed by atoms with Crippen LogP contribution in [0.25, 0.3) is 6.08 Å². The quantitative estimate of drug-likeness (QED) is 0.582. The van der Waals surface area contributed by atoms with E-state index in [-0.39, 0.29) is 23.6 Å². The highest BCUT2D eigenvalue weighted by Crippen LogP contribution is 2.45. The third-order valence-corrected chi connectivity index (χ3v) is 6.11. The summed E-state index contributed by atoms with van der Waals surface area (Å²) in [5.41, 5.74) is 5.54. The molecule has 1 N–H and O–H groups in total. The highest BCUT2D eigenvalue weighted by molar-refractivity contribution is 8.04. The number of hydrazine groups is 1. The van der Waals surface area contributed by atoms with Gasteiger partial charge in [-0.3, -0.25) is 15.0 Å². The van der Waals surface area contributed by atoms with Gasteiger partial charge >= 0.3 is 0 Å². The number of hydrogen-bond acceptors (Lipinski definition) is 4. The second-order valence-electron chi connectivity index (χ2n) is 7.04. The van der Waals surface area contributed by atoms with Crippen LogP contribution >= 0.6 is 11.8 Å². The van der Waals surface area contributed by atoms with Crippen LogP contribution in [0.4, 0.5) is 0 Å². The molecule has 6 heteroatoms. The van der Waals surface area contributed by atoms with Crippen LogP contribution in [0.5, 0.6) is 5.75 Å². The van der Waals surface area contributed by atoms with E-state index >= 15 is 0 Å². The van der Waals surface area contributed by atoms with Crippen molar-refractivity contribution < 1.29 is 14.3 Å². The van der Waals surface area contributed by atoms with Gasteiger partial charge in [0, 0.05) is 0 Å². The number of thioether (sulfide) groups is 1. The summed E-state index contributed by atoms with van der Waals surface area (Å²) in [6.07, 6.45) is 2.05. The fourth-order valence-electron chi connectivity index (χ4n) is 3.30. The van der Waals surface area contributed by atoms with Crippen LogP contribution in [0.15, 0.2) is 89.8 Å². The lowest BCUT2D eigenvalue weighted by molar-refractivity contribution is -0.137. The number of benzene rings is 3. The fourth-order valence-corrected chi connectivity index (χ4v) is 4.49. The lowest BCUT2D eigenvalue weighted by Crippen LogP contribution is -2.44. The van der Waals surface area contributed by atoms with E-state index in [4.69, 9.17) is 4.74 Å². The Bertz CT molecular complexity index is 1080. The minimum Gasteiger partial charge on any atom is -0.497 e. The van der Waals surface area contributed by atoms with Gasteiger partial charge in [0.15, 0.2) is 0 Å². The molecular formula is C25H22N2O3S. The van der Waals surface area contributed by atoms with Crippen molar-refractivity contribution in [2.75, 3.05) is 7.11 Å². The summed E-state index contributed by atoms with van der Waals surface area (Å²) in [5.74, 6) is 0.272. The first-order valence-corrected chi connectivity index (χ1v) is 10.8. The number of hydrogen-bond donors (Lipinski definition) is 1. The second kappa shape index (κ2) is 9.53. The summed E-state index contributed by atoms with van der Waals surface area (Å²) in [6.45, 7) is 0. The Morgan fingerprint density at radius 2 is 1.65 bits per heavy atom. The highest BCUT2D eigenvalue weighted by Gasteiger charge is 2.38. The van der Waals surface area contributed by atoms with Crippen molar-refractivity contribution in [1.82, 2.24) is 10.4 Å². The van der Waals surface area contributed by atoms with Gasteiger partial charge in [-0.2, -0.15) is 0 Å². The Labute approximate surface area is 185 Å². The maximum atomic E-state index is 13.2. The number of carbonyl (C=O) groups is 2. The van der Waals surface area contributed by atoms with E-state index in [1.807, 2.05) is 91.0 Å². The Hall–Kier alpha value is -3.51.